The molecule has 0 spiro atoms. The zero-order valence-electron chi connectivity index (χ0n) is 14.7. The first-order valence-electron chi connectivity index (χ1n) is 8.37. The summed E-state index contributed by atoms with van der Waals surface area (Å²) in [4.78, 5) is 13.3. The van der Waals surface area contributed by atoms with Gasteiger partial charge in [-0.1, -0.05) is 42.5 Å². The van der Waals surface area contributed by atoms with Crippen LogP contribution in [0.3, 0.4) is 0 Å². The minimum Gasteiger partial charge on any atom is -0.337 e. The van der Waals surface area contributed by atoms with E-state index in [0.717, 1.165) is 11.1 Å². The second-order valence-corrected chi connectivity index (χ2v) is 7.94. The maximum Gasteiger partial charge on any atom is 0.219 e. The summed E-state index contributed by atoms with van der Waals surface area (Å²) in [5.41, 5.74) is 1.74. The largest absolute Gasteiger partial charge is 0.337 e. The fourth-order valence-electron chi connectivity index (χ4n) is 2.46. The molecular formula is C19H23FN2O3S. The van der Waals surface area contributed by atoms with Crippen LogP contribution in [0.15, 0.2) is 54.6 Å². The molecule has 0 unspecified atom stereocenters. The van der Waals surface area contributed by atoms with E-state index in [1.165, 1.54) is 24.0 Å². The lowest BCUT2D eigenvalue weighted by Crippen LogP contribution is -2.38. The van der Waals surface area contributed by atoms with Gasteiger partial charge in [-0.15, -0.1) is 0 Å². The molecule has 0 aromatic heterocycles. The zero-order chi connectivity index (χ0) is 19.0. The molecule has 1 N–H and O–H groups in total. The highest BCUT2D eigenvalue weighted by Crippen LogP contribution is 2.07. The van der Waals surface area contributed by atoms with Gasteiger partial charge in [0.2, 0.25) is 15.9 Å². The van der Waals surface area contributed by atoms with E-state index in [9.17, 15) is 17.6 Å². The molecule has 0 aliphatic rings. The van der Waals surface area contributed by atoms with E-state index in [4.69, 9.17) is 0 Å². The van der Waals surface area contributed by atoms with Crippen molar-refractivity contribution in [1.82, 2.24) is 9.62 Å². The average Bonchev–Trinajstić information content (AvgIpc) is 2.61. The standard InChI is InChI=1S/C19H23FN2O3S/c1-16(23)22(15-18-7-9-19(20)10-8-18)13-12-21-26(24,25)14-11-17-5-3-2-4-6-17/h2-10,21H,11-15H2,1H3. The Hall–Kier alpha value is -2.25. The Labute approximate surface area is 153 Å². The second kappa shape index (κ2) is 9.45. The van der Waals surface area contributed by atoms with Crippen molar-refractivity contribution in [2.75, 3.05) is 18.8 Å². The third-order valence-electron chi connectivity index (χ3n) is 3.94. The van der Waals surface area contributed by atoms with Crippen LogP contribution < -0.4 is 4.72 Å². The van der Waals surface area contributed by atoms with Gasteiger partial charge >= 0.3 is 0 Å². The minimum absolute atomic E-state index is 0.00491. The first-order chi connectivity index (χ1) is 12.4. The van der Waals surface area contributed by atoms with Gasteiger partial charge in [-0.05, 0) is 29.7 Å². The predicted octanol–water partition coefficient (Wildman–Crippen LogP) is 2.34. The van der Waals surface area contributed by atoms with Crippen LogP contribution in [0.4, 0.5) is 4.39 Å². The van der Waals surface area contributed by atoms with Crippen molar-refractivity contribution in [2.45, 2.75) is 19.9 Å². The highest BCUT2D eigenvalue weighted by Gasteiger charge is 2.13. The summed E-state index contributed by atoms with van der Waals surface area (Å²) in [5.74, 6) is -0.512. The van der Waals surface area contributed by atoms with Gasteiger partial charge in [0.1, 0.15) is 5.82 Å². The Morgan fingerprint density at radius 1 is 1.04 bits per heavy atom. The fourth-order valence-corrected chi connectivity index (χ4v) is 3.51. The van der Waals surface area contributed by atoms with E-state index in [0.29, 0.717) is 13.0 Å². The summed E-state index contributed by atoms with van der Waals surface area (Å²) in [5, 5.41) is 0. The summed E-state index contributed by atoms with van der Waals surface area (Å²) in [6.45, 7) is 2.12. The Morgan fingerprint density at radius 2 is 1.69 bits per heavy atom. The molecule has 0 saturated heterocycles. The fraction of sp³-hybridized carbons (Fsp3) is 0.316. The van der Waals surface area contributed by atoms with E-state index in [1.807, 2.05) is 30.3 Å². The van der Waals surface area contributed by atoms with Crippen LogP contribution >= 0.6 is 0 Å². The van der Waals surface area contributed by atoms with Crippen LogP contribution in [0.1, 0.15) is 18.1 Å². The molecule has 0 atom stereocenters. The monoisotopic (exact) mass is 378 g/mol. The molecule has 7 heteroatoms. The number of carbonyl (C=O) groups excluding carboxylic acids is 1. The van der Waals surface area contributed by atoms with Crippen molar-refractivity contribution >= 4 is 15.9 Å². The molecule has 0 saturated carbocycles. The summed E-state index contributed by atoms with van der Waals surface area (Å²) < 4.78 is 39.7. The Morgan fingerprint density at radius 3 is 2.31 bits per heavy atom. The SMILES string of the molecule is CC(=O)N(CCNS(=O)(=O)CCc1ccccc1)Cc1ccc(F)cc1. The van der Waals surface area contributed by atoms with E-state index < -0.39 is 10.0 Å². The van der Waals surface area contributed by atoms with Crippen LogP contribution in [0.2, 0.25) is 0 Å². The molecule has 2 aromatic rings. The van der Waals surface area contributed by atoms with Crippen molar-refractivity contribution in [3.8, 4) is 0 Å². The number of hydrogen-bond donors (Lipinski definition) is 1. The first kappa shape index (κ1) is 20.1. The molecule has 0 bridgehead atoms. The molecule has 0 radical (unpaired) electrons. The molecule has 0 aliphatic heterocycles. The second-order valence-electron chi connectivity index (χ2n) is 6.02. The van der Waals surface area contributed by atoms with Crippen LogP contribution in [0.25, 0.3) is 0 Å². The molecule has 0 fully saturated rings. The zero-order valence-corrected chi connectivity index (χ0v) is 15.5. The number of nitrogens with zero attached hydrogens (tertiary/aromatic N) is 1. The maximum atomic E-state index is 13.0. The van der Waals surface area contributed by atoms with Gasteiger partial charge in [-0.2, -0.15) is 0 Å². The van der Waals surface area contributed by atoms with Crippen molar-refractivity contribution in [3.63, 3.8) is 0 Å². The molecule has 2 rings (SSSR count). The van der Waals surface area contributed by atoms with Gasteiger partial charge in [0.25, 0.3) is 0 Å². The number of hydrogen-bond acceptors (Lipinski definition) is 3. The van der Waals surface area contributed by atoms with E-state index >= 15 is 0 Å². The molecule has 5 nitrogen and oxygen atoms in total. The van der Waals surface area contributed by atoms with Crippen molar-refractivity contribution in [1.29, 1.82) is 0 Å². The molecule has 2 aromatic carbocycles. The highest BCUT2D eigenvalue weighted by molar-refractivity contribution is 7.89. The smallest absolute Gasteiger partial charge is 0.219 e. The van der Waals surface area contributed by atoms with E-state index in [2.05, 4.69) is 4.72 Å². The number of benzene rings is 2. The van der Waals surface area contributed by atoms with Crippen LogP contribution in [-0.2, 0) is 27.8 Å². The summed E-state index contributed by atoms with van der Waals surface area (Å²) >= 11 is 0. The number of aryl methyl sites for hydroxylation is 1. The normalized spacial score (nSPS) is 11.3. The lowest BCUT2D eigenvalue weighted by molar-refractivity contribution is -0.129. The van der Waals surface area contributed by atoms with Crippen LogP contribution in [-0.4, -0.2) is 38.1 Å². The molecule has 1 amide bonds. The highest BCUT2D eigenvalue weighted by atomic mass is 32.2. The maximum absolute atomic E-state index is 13.0. The van der Waals surface area contributed by atoms with Gasteiger partial charge in [-0.3, -0.25) is 4.79 Å². The van der Waals surface area contributed by atoms with Crippen LogP contribution in [0, 0.1) is 5.82 Å². The van der Waals surface area contributed by atoms with Crippen LogP contribution in [0.5, 0.6) is 0 Å². The Bertz CT molecular complexity index is 808. The summed E-state index contributed by atoms with van der Waals surface area (Å²) in [7, 11) is -3.42. The van der Waals surface area contributed by atoms with Crippen molar-refractivity contribution in [3.05, 3.63) is 71.5 Å². The van der Waals surface area contributed by atoms with Gasteiger partial charge in [0, 0.05) is 26.6 Å². The number of nitrogens with one attached hydrogen (secondary N) is 1. The van der Waals surface area contributed by atoms with Crippen molar-refractivity contribution < 1.29 is 17.6 Å². The van der Waals surface area contributed by atoms with E-state index in [1.54, 1.807) is 12.1 Å². The lowest BCUT2D eigenvalue weighted by atomic mass is 10.2. The lowest BCUT2D eigenvalue weighted by Gasteiger charge is -2.21. The van der Waals surface area contributed by atoms with Gasteiger partial charge < -0.3 is 4.90 Å². The molecular weight excluding hydrogens is 355 g/mol. The number of carbonyl (C=O) groups is 1. The van der Waals surface area contributed by atoms with E-state index in [-0.39, 0.29) is 30.6 Å². The Balaban J connectivity index is 1.82. The van der Waals surface area contributed by atoms with Gasteiger partial charge in [0.15, 0.2) is 0 Å². The van der Waals surface area contributed by atoms with Crippen molar-refractivity contribution in [2.24, 2.45) is 0 Å². The third-order valence-corrected chi connectivity index (χ3v) is 5.32. The number of sulfonamides is 1. The average molecular weight is 378 g/mol. The molecule has 140 valence electrons. The third kappa shape index (κ3) is 6.93. The number of halogens is 1. The summed E-state index contributed by atoms with van der Waals surface area (Å²) in [6.07, 6.45) is 0.433. The predicted molar refractivity (Wildman–Crippen MR) is 99.4 cm³/mol. The Kier molecular flexibility index (Phi) is 7.29. The van der Waals surface area contributed by atoms with Gasteiger partial charge in [0.05, 0.1) is 5.75 Å². The quantitative estimate of drug-likeness (QED) is 0.728. The molecule has 26 heavy (non-hydrogen) atoms. The minimum atomic E-state index is -3.42. The molecule has 0 heterocycles. The molecule has 0 aliphatic carbocycles. The first-order valence-corrected chi connectivity index (χ1v) is 10.0. The summed E-state index contributed by atoms with van der Waals surface area (Å²) in [6, 6.07) is 15.3. The topological polar surface area (TPSA) is 66.5 Å². The number of amides is 1. The number of rotatable bonds is 9. The van der Waals surface area contributed by atoms with Gasteiger partial charge in [-0.25, -0.2) is 17.5 Å².